The van der Waals surface area contributed by atoms with Gasteiger partial charge in [-0.2, -0.15) is 0 Å². The van der Waals surface area contributed by atoms with E-state index in [1.54, 1.807) is 12.1 Å². The zero-order valence-corrected chi connectivity index (χ0v) is 12.6. The summed E-state index contributed by atoms with van der Waals surface area (Å²) in [6, 6.07) is 15.5. The van der Waals surface area contributed by atoms with E-state index in [9.17, 15) is 4.79 Å². The van der Waals surface area contributed by atoms with Crippen LogP contribution in [0.15, 0.2) is 48.5 Å². The number of hydrogen-bond acceptors (Lipinski definition) is 1. The summed E-state index contributed by atoms with van der Waals surface area (Å²) < 4.78 is 0. The molecule has 0 unspecified atom stereocenters. The Morgan fingerprint density at radius 1 is 0.952 bits per heavy atom. The first-order chi connectivity index (χ1) is 9.97. The molecule has 0 amide bonds. The number of aromatic carboxylic acids is 1. The van der Waals surface area contributed by atoms with Crippen molar-refractivity contribution in [3.8, 4) is 0 Å². The van der Waals surface area contributed by atoms with Gasteiger partial charge in [-0.25, -0.2) is 4.79 Å². The lowest BCUT2D eigenvalue weighted by molar-refractivity contribution is 0.0697. The number of hydrogen-bond donors (Lipinski definition) is 1. The van der Waals surface area contributed by atoms with Crippen LogP contribution in [0.5, 0.6) is 0 Å². The third kappa shape index (κ3) is 3.82. The molecule has 108 valence electrons. The maximum absolute atomic E-state index is 10.8. The molecular weight excluding hydrogens is 260 g/mol. The molecule has 0 fully saturated rings. The molecule has 2 rings (SSSR count). The number of carboxylic acids is 1. The van der Waals surface area contributed by atoms with E-state index < -0.39 is 5.97 Å². The number of carboxylic acid groups (broad SMARTS) is 1. The first kappa shape index (κ1) is 15.0. The van der Waals surface area contributed by atoms with Gasteiger partial charge in [-0.15, -0.1) is 0 Å². The number of allylic oxidation sites excluding steroid dienone is 1. The summed E-state index contributed by atoms with van der Waals surface area (Å²) in [6.07, 6.45) is 2.07. The highest BCUT2D eigenvalue weighted by atomic mass is 16.4. The SMILES string of the molecule is C/C(=C/c1ccc(C(=O)O)cc1)c1ccc(C(C)C)cc1. The Morgan fingerprint density at radius 3 is 1.95 bits per heavy atom. The van der Waals surface area contributed by atoms with Crippen LogP contribution < -0.4 is 0 Å². The van der Waals surface area contributed by atoms with Gasteiger partial charge in [-0.05, 0) is 47.2 Å². The summed E-state index contributed by atoms with van der Waals surface area (Å²) in [5.74, 6) is -0.363. The summed E-state index contributed by atoms with van der Waals surface area (Å²) in [5.41, 5.74) is 4.99. The number of carbonyl (C=O) groups is 1. The van der Waals surface area contributed by atoms with Crippen LogP contribution in [0.4, 0.5) is 0 Å². The fourth-order valence-corrected chi connectivity index (χ4v) is 2.19. The molecule has 2 heteroatoms. The van der Waals surface area contributed by atoms with Crippen molar-refractivity contribution in [3.05, 3.63) is 70.8 Å². The maximum Gasteiger partial charge on any atom is 0.335 e. The fourth-order valence-electron chi connectivity index (χ4n) is 2.19. The van der Waals surface area contributed by atoms with Gasteiger partial charge in [0.2, 0.25) is 0 Å². The molecular formula is C19H20O2. The van der Waals surface area contributed by atoms with Crippen molar-refractivity contribution in [2.24, 2.45) is 0 Å². The second-order valence-corrected chi connectivity index (χ2v) is 5.53. The van der Waals surface area contributed by atoms with Crippen LogP contribution in [-0.4, -0.2) is 11.1 Å². The lowest BCUT2D eigenvalue weighted by Crippen LogP contribution is -1.94. The van der Waals surface area contributed by atoms with Crippen molar-refractivity contribution in [2.45, 2.75) is 26.7 Å². The highest BCUT2D eigenvalue weighted by Crippen LogP contribution is 2.21. The average molecular weight is 280 g/mol. The Bertz CT molecular complexity index is 647. The van der Waals surface area contributed by atoms with Crippen LogP contribution >= 0.6 is 0 Å². The lowest BCUT2D eigenvalue weighted by Gasteiger charge is -2.07. The van der Waals surface area contributed by atoms with E-state index in [2.05, 4.69) is 51.1 Å². The Balaban J connectivity index is 2.21. The van der Waals surface area contributed by atoms with Gasteiger partial charge in [0.1, 0.15) is 0 Å². The van der Waals surface area contributed by atoms with E-state index in [-0.39, 0.29) is 0 Å². The molecule has 2 nitrogen and oxygen atoms in total. The van der Waals surface area contributed by atoms with Crippen LogP contribution in [0.25, 0.3) is 11.6 Å². The Labute approximate surface area is 125 Å². The highest BCUT2D eigenvalue weighted by molar-refractivity contribution is 5.88. The Kier molecular flexibility index (Phi) is 4.59. The number of rotatable bonds is 4. The predicted molar refractivity (Wildman–Crippen MR) is 87.5 cm³/mol. The van der Waals surface area contributed by atoms with Crippen molar-refractivity contribution in [2.75, 3.05) is 0 Å². The molecule has 0 aliphatic rings. The fraction of sp³-hybridized carbons (Fsp3) is 0.211. The number of benzene rings is 2. The van der Waals surface area contributed by atoms with Crippen molar-refractivity contribution in [1.29, 1.82) is 0 Å². The van der Waals surface area contributed by atoms with Gasteiger partial charge in [0.05, 0.1) is 5.56 Å². The van der Waals surface area contributed by atoms with Gasteiger partial charge >= 0.3 is 5.97 Å². The van der Waals surface area contributed by atoms with Gasteiger partial charge < -0.3 is 5.11 Å². The first-order valence-corrected chi connectivity index (χ1v) is 7.09. The third-order valence-electron chi connectivity index (χ3n) is 3.57. The van der Waals surface area contributed by atoms with Gasteiger partial charge in [-0.1, -0.05) is 56.3 Å². The summed E-state index contributed by atoms with van der Waals surface area (Å²) in [4.78, 5) is 10.8. The second kappa shape index (κ2) is 6.40. The zero-order chi connectivity index (χ0) is 15.4. The van der Waals surface area contributed by atoms with Crippen molar-refractivity contribution >= 4 is 17.6 Å². The van der Waals surface area contributed by atoms with E-state index in [0.717, 1.165) is 11.1 Å². The largest absolute Gasteiger partial charge is 0.478 e. The van der Waals surface area contributed by atoms with Crippen LogP contribution in [0.3, 0.4) is 0 Å². The minimum absolute atomic E-state index is 0.311. The molecule has 0 radical (unpaired) electrons. The first-order valence-electron chi connectivity index (χ1n) is 7.09. The minimum atomic E-state index is -0.897. The van der Waals surface area contributed by atoms with Crippen molar-refractivity contribution < 1.29 is 9.90 Å². The van der Waals surface area contributed by atoms with Gasteiger partial charge in [0.25, 0.3) is 0 Å². The van der Waals surface area contributed by atoms with Gasteiger partial charge in [0.15, 0.2) is 0 Å². The zero-order valence-electron chi connectivity index (χ0n) is 12.6. The molecule has 1 N–H and O–H groups in total. The van der Waals surface area contributed by atoms with Crippen LogP contribution in [0.2, 0.25) is 0 Å². The van der Waals surface area contributed by atoms with Gasteiger partial charge in [0, 0.05) is 0 Å². The summed E-state index contributed by atoms with van der Waals surface area (Å²) in [6.45, 7) is 6.43. The molecule has 2 aromatic rings. The summed E-state index contributed by atoms with van der Waals surface area (Å²) in [5, 5.41) is 8.89. The molecule has 2 aromatic carbocycles. The maximum atomic E-state index is 10.8. The minimum Gasteiger partial charge on any atom is -0.478 e. The molecule has 0 atom stereocenters. The van der Waals surface area contributed by atoms with Crippen LogP contribution in [0, 0.1) is 0 Å². The lowest BCUT2D eigenvalue weighted by atomic mass is 9.98. The third-order valence-corrected chi connectivity index (χ3v) is 3.57. The molecule has 0 aliphatic heterocycles. The molecule has 0 saturated heterocycles. The molecule has 0 bridgehead atoms. The summed E-state index contributed by atoms with van der Waals surface area (Å²) in [7, 11) is 0. The topological polar surface area (TPSA) is 37.3 Å². The van der Waals surface area contributed by atoms with E-state index in [1.807, 2.05) is 12.1 Å². The molecule has 0 aliphatic carbocycles. The van der Waals surface area contributed by atoms with Crippen molar-refractivity contribution in [3.63, 3.8) is 0 Å². The molecule has 0 aromatic heterocycles. The van der Waals surface area contributed by atoms with Gasteiger partial charge in [-0.3, -0.25) is 0 Å². The smallest absolute Gasteiger partial charge is 0.335 e. The second-order valence-electron chi connectivity index (χ2n) is 5.53. The molecule has 0 spiro atoms. The molecule has 0 heterocycles. The van der Waals surface area contributed by atoms with Crippen LogP contribution in [0.1, 0.15) is 53.7 Å². The molecule has 0 saturated carbocycles. The van der Waals surface area contributed by atoms with E-state index >= 15 is 0 Å². The average Bonchev–Trinajstić information content (AvgIpc) is 2.47. The van der Waals surface area contributed by atoms with Crippen LogP contribution in [-0.2, 0) is 0 Å². The van der Waals surface area contributed by atoms with Crippen molar-refractivity contribution in [1.82, 2.24) is 0 Å². The standard InChI is InChI=1S/C19H20O2/c1-13(2)16-8-10-17(11-9-16)14(3)12-15-4-6-18(7-5-15)19(20)21/h4-13H,1-3H3,(H,20,21)/b14-12-. The highest BCUT2D eigenvalue weighted by Gasteiger charge is 2.02. The predicted octanol–water partition coefficient (Wildman–Crippen LogP) is 5.07. The Morgan fingerprint density at radius 2 is 1.48 bits per heavy atom. The summed E-state index contributed by atoms with van der Waals surface area (Å²) >= 11 is 0. The van der Waals surface area contributed by atoms with E-state index in [1.165, 1.54) is 11.1 Å². The van der Waals surface area contributed by atoms with E-state index in [4.69, 9.17) is 5.11 Å². The van der Waals surface area contributed by atoms with E-state index in [0.29, 0.717) is 11.5 Å². The molecule has 21 heavy (non-hydrogen) atoms. The Hall–Kier alpha value is -2.35. The normalized spacial score (nSPS) is 11.7. The monoisotopic (exact) mass is 280 g/mol. The quantitative estimate of drug-likeness (QED) is 0.794.